The second kappa shape index (κ2) is 10.7. The summed E-state index contributed by atoms with van der Waals surface area (Å²) in [5.41, 5.74) is 10.3. The minimum Gasteiger partial charge on any atom is -0.309 e. The fraction of sp³-hybridized carbons (Fsp3) is 0. The van der Waals surface area contributed by atoms with Crippen LogP contribution in [0.5, 0.6) is 0 Å². The Morgan fingerprint density at radius 1 is 0.327 bits per heavy atom. The molecular formula is C45H29N3O. The van der Waals surface area contributed by atoms with Gasteiger partial charge in [0.05, 0.1) is 33.0 Å². The van der Waals surface area contributed by atoms with Crippen molar-refractivity contribution >= 4 is 54.5 Å². The van der Waals surface area contributed by atoms with Gasteiger partial charge in [0, 0.05) is 38.6 Å². The van der Waals surface area contributed by atoms with Crippen LogP contribution in [0.3, 0.4) is 0 Å². The van der Waals surface area contributed by atoms with Crippen molar-refractivity contribution in [2.24, 2.45) is 0 Å². The number of rotatable bonds is 4. The molecule has 3 heterocycles. The van der Waals surface area contributed by atoms with Gasteiger partial charge in [0.2, 0.25) is 0 Å². The van der Waals surface area contributed by atoms with Gasteiger partial charge in [-0.1, -0.05) is 103 Å². The van der Waals surface area contributed by atoms with E-state index in [1.54, 1.807) is 0 Å². The number of pyridine rings is 1. The molecule has 0 atom stereocenters. The third kappa shape index (κ3) is 4.07. The Hall–Kier alpha value is -6.65. The first-order valence-electron chi connectivity index (χ1n) is 16.6. The highest BCUT2D eigenvalue weighted by atomic mass is 16.1. The van der Waals surface area contributed by atoms with Gasteiger partial charge in [-0.15, -0.1) is 0 Å². The van der Waals surface area contributed by atoms with Crippen molar-refractivity contribution in [3.63, 3.8) is 0 Å². The van der Waals surface area contributed by atoms with Crippen molar-refractivity contribution in [3.8, 4) is 28.2 Å². The van der Waals surface area contributed by atoms with Crippen molar-refractivity contribution in [1.29, 1.82) is 0 Å². The first-order valence-corrected chi connectivity index (χ1v) is 16.6. The standard InChI is InChI=1S/C45H29N3O/c49-45-43-36-21-11-13-23-40(36)47(33-16-6-2-7-17-33)44(43)38-29-31(25-27-42(38)48(45)34-18-8-3-9-19-34)30-24-26-41-37(28-30)35-20-10-12-22-39(35)46(41)32-14-4-1-5-15-32/h1-29H. The molecule has 3 aromatic heterocycles. The summed E-state index contributed by atoms with van der Waals surface area (Å²) in [7, 11) is 0. The van der Waals surface area contributed by atoms with Gasteiger partial charge in [-0.05, 0) is 83.9 Å². The molecule has 0 aliphatic heterocycles. The van der Waals surface area contributed by atoms with Crippen LogP contribution in [-0.4, -0.2) is 13.7 Å². The second-order valence-electron chi connectivity index (χ2n) is 12.5. The maximum Gasteiger partial charge on any atom is 0.265 e. The summed E-state index contributed by atoms with van der Waals surface area (Å²) in [5, 5.41) is 5.10. The second-order valence-corrected chi connectivity index (χ2v) is 12.5. The van der Waals surface area contributed by atoms with E-state index >= 15 is 0 Å². The maximum absolute atomic E-state index is 14.7. The van der Waals surface area contributed by atoms with E-state index in [4.69, 9.17) is 0 Å². The van der Waals surface area contributed by atoms with E-state index in [0.29, 0.717) is 5.39 Å². The lowest BCUT2D eigenvalue weighted by molar-refractivity contribution is 1.06. The molecule has 0 fully saturated rings. The summed E-state index contributed by atoms with van der Waals surface area (Å²) in [5.74, 6) is 0. The van der Waals surface area contributed by atoms with Crippen LogP contribution < -0.4 is 5.56 Å². The fourth-order valence-corrected chi connectivity index (χ4v) is 7.72. The van der Waals surface area contributed by atoms with Gasteiger partial charge in [-0.25, -0.2) is 0 Å². The molecule has 10 rings (SSSR count). The first-order chi connectivity index (χ1) is 24.3. The average Bonchev–Trinajstić information content (AvgIpc) is 3.69. The van der Waals surface area contributed by atoms with Crippen molar-refractivity contribution in [2.75, 3.05) is 0 Å². The van der Waals surface area contributed by atoms with E-state index in [1.165, 1.54) is 21.8 Å². The van der Waals surface area contributed by atoms with Crippen LogP contribution in [0.1, 0.15) is 0 Å². The Morgan fingerprint density at radius 2 is 0.755 bits per heavy atom. The number of para-hydroxylation sites is 5. The molecule has 0 saturated carbocycles. The lowest BCUT2D eigenvalue weighted by Crippen LogP contribution is -2.19. The number of benzene rings is 7. The van der Waals surface area contributed by atoms with Crippen LogP contribution in [-0.2, 0) is 0 Å². The molecule has 7 aromatic carbocycles. The quantitative estimate of drug-likeness (QED) is 0.191. The lowest BCUT2D eigenvalue weighted by atomic mass is 9.99. The summed E-state index contributed by atoms with van der Waals surface area (Å²) >= 11 is 0. The highest BCUT2D eigenvalue weighted by Gasteiger charge is 2.22. The number of fused-ring (bicyclic) bond motifs is 8. The molecule has 0 radical (unpaired) electrons. The monoisotopic (exact) mass is 627 g/mol. The Labute approximate surface area is 281 Å². The van der Waals surface area contributed by atoms with Crippen molar-refractivity contribution in [3.05, 3.63) is 186 Å². The summed E-state index contributed by atoms with van der Waals surface area (Å²) < 4.78 is 6.47. The third-order valence-electron chi connectivity index (χ3n) is 9.83. The molecule has 0 unspecified atom stereocenters. The van der Waals surface area contributed by atoms with Crippen LogP contribution in [0.15, 0.2) is 181 Å². The molecule has 0 N–H and O–H groups in total. The zero-order valence-electron chi connectivity index (χ0n) is 26.5. The van der Waals surface area contributed by atoms with Crippen molar-refractivity contribution in [2.45, 2.75) is 0 Å². The highest BCUT2D eigenvalue weighted by Crippen LogP contribution is 2.39. The normalized spacial score (nSPS) is 11.8. The Kier molecular flexibility index (Phi) is 5.99. The highest BCUT2D eigenvalue weighted by molar-refractivity contribution is 6.18. The van der Waals surface area contributed by atoms with Crippen LogP contribution in [0.4, 0.5) is 0 Å². The van der Waals surface area contributed by atoms with E-state index in [1.807, 2.05) is 53.1 Å². The topological polar surface area (TPSA) is 31.9 Å². The van der Waals surface area contributed by atoms with Gasteiger partial charge < -0.3 is 9.13 Å². The van der Waals surface area contributed by atoms with E-state index in [0.717, 1.165) is 55.5 Å². The smallest absolute Gasteiger partial charge is 0.265 e. The van der Waals surface area contributed by atoms with E-state index in [-0.39, 0.29) is 5.56 Å². The minimum atomic E-state index is -0.0255. The molecule has 230 valence electrons. The molecule has 10 aromatic rings. The fourth-order valence-electron chi connectivity index (χ4n) is 7.72. The average molecular weight is 628 g/mol. The van der Waals surface area contributed by atoms with Crippen LogP contribution in [0.2, 0.25) is 0 Å². The predicted molar refractivity (Wildman–Crippen MR) is 204 cm³/mol. The van der Waals surface area contributed by atoms with Gasteiger partial charge in [0.1, 0.15) is 0 Å². The molecule has 0 spiro atoms. The Balaban J connectivity index is 1.31. The van der Waals surface area contributed by atoms with E-state index < -0.39 is 0 Å². The van der Waals surface area contributed by atoms with Crippen LogP contribution in [0, 0.1) is 0 Å². The molecule has 0 aliphatic rings. The molecule has 4 heteroatoms. The summed E-state index contributed by atoms with van der Waals surface area (Å²) in [6, 6.07) is 61.1. The van der Waals surface area contributed by atoms with Crippen LogP contribution in [0.25, 0.3) is 82.7 Å². The maximum atomic E-state index is 14.7. The molecule has 0 aliphatic carbocycles. The molecule has 4 nitrogen and oxygen atoms in total. The molecule has 0 bridgehead atoms. The molecule has 0 saturated heterocycles. The van der Waals surface area contributed by atoms with E-state index in [9.17, 15) is 4.79 Å². The van der Waals surface area contributed by atoms with E-state index in [2.05, 4.69) is 137 Å². The molecule has 0 amide bonds. The number of hydrogen-bond donors (Lipinski definition) is 0. The summed E-state index contributed by atoms with van der Waals surface area (Å²) in [4.78, 5) is 14.7. The number of hydrogen-bond acceptors (Lipinski definition) is 1. The number of aromatic nitrogens is 3. The lowest BCUT2D eigenvalue weighted by Gasteiger charge is -2.15. The third-order valence-corrected chi connectivity index (χ3v) is 9.83. The largest absolute Gasteiger partial charge is 0.309 e. The molecule has 49 heavy (non-hydrogen) atoms. The van der Waals surface area contributed by atoms with Gasteiger partial charge in [-0.3, -0.25) is 9.36 Å². The van der Waals surface area contributed by atoms with Crippen molar-refractivity contribution < 1.29 is 0 Å². The summed E-state index contributed by atoms with van der Waals surface area (Å²) in [6.07, 6.45) is 0. The van der Waals surface area contributed by atoms with Gasteiger partial charge in [-0.2, -0.15) is 0 Å². The van der Waals surface area contributed by atoms with Gasteiger partial charge >= 0.3 is 0 Å². The first kappa shape index (κ1) is 27.5. The summed E-state index contributed by atoms with van der Waals surface area (Å²) in [6.45, 7) is 0. The molecular weight excluding hydrogens is 599 g/mol. The zero-order chi connectivity index (χ0) is 32.5. The van der Waals surface area contributed by atoms with Gasteiger partial charge in [0.15, 0.2) is 0 Å². The Morgan fingerprint density at radius 3 is 1.37 bits per heavy atom. The SMILES string of the molecule is O=c1c2c3ccccc3n(-c3ccccc3)c2c2cc(-c3ccc4c(c3)c3ccccc3n4-c3ccccc3)ccc2n1-c1ccccc1. The Bertz CT molecular complexity index is 2930. The predicted octanol–water partition coefficient (Wildman–Crippen LogP) is 10.9. The van der Waals surface area contributed by atoms with Crippen molar-refractivity contribution in [1.82, 2.24) is 13.7 Å². The number of nitrogens with zero attached hydrogens (tertiary/aromatic N) is 3. The zero-order valence-corrected chi connectivity index (χ0v) is 26.5. The van der Waals surface area contributed by atoms with Gasteiger partial charge in [0.25, 0.3) is 5.56 Å². The minimum absolute atomic E-state index is 0.0255. The van der Waals surface area contributed by atoms with Crippen LogP contribution >= 0.6 is 0 Å².